The summed E-state index contributed by atoms with van der Waals surface area (Å²) in [5.74, 6) is 1.26. The molecule has 0 spiro atoms. The summed E-state index contributed by atoms with van der Waals surface area (Å²) in [5.41, 5.74) is 6.19. The molecule has 2 aliphatic heterocycles. The van der Waals surface area contributed by atoms with Crippen molar-refractivity contribution in [2.75, 3.05) is 50.7 Å². The number of hydrogen-bond acceptors (Lipinski definition) is 3. The fourth-order valence-electron chi connectivity index (χ4n) is 6.74. The van der Waals surface area contributed by atoms with Gasteiger partial charge in [0.05, 0.1) is 0 Å². The maximum absolute atomic E-state index is 13.4. The van der Waals surface area contributed by atoms with Gasteiger partial charge in [-0.05, 0) is 73.0 Å². The van der Waals surface area contributed by atoms with Gasteiger partial charge in [0.15, 0.2) is 0 Å². The third-order valence-corrected chi connectivity index (χ3v) is 9.24. The van der Waals surface area contributed by atoms with E-state index in [0.717, 1.165) is 77.1 Å². The van der Waals surface area contributed by atoms with Gasteiger partial charge in [0.2, 0.25) is 0 Å². The Hall–Kier alpha value is -3.89. The monoisotopic (exact) mass is 557 g/mol. The summed E-state index contributed by atoms with van der Waals surface area (Å²) in [7, 11) is 0. The average molecular weight is 558 g/mol. The van der Waals surface area contributed by atoms with Crippen molar-refractivity contribution in [2.24, 2.45) is 5.92 Å². The van der Waals surface area contributed by atoms with Crippen LogP contribution in [0.2, 0.25) is 0 Å². The van der Waals surface area contributed by atoms with Crippen molar-refractivity contribution in [3.63, 3.8) is 0 Å². The minimum absolute atomic E-state index is 0.182. The Morgan fingerprint density at radius 1 is 0.667 bits per heavy atom. The average Bonchev–Trinajstić information content (AvgIpc) is 3.07. The van der Waals surface area contributed by atoms with Crippen molar-refractivity contribution < 1.29 is 4.79 Å². The van der Waals surface area contributed by atoms with Crippen LogP contribution < -0.4 is 4.90 Å². The molecule has 0 N–H and O–H groups in total. The standard InChI is InChI=1S/C38H43N3O/c42-38(41-23-19-32(20-24-41)29-31-11-4-1-5-12-31)35-17-10-18-36(30-35)40-27-25-39(26-28-40)22-21-37(33-13-6-2-7-14-33)34-15-8-3-9-16-34/h1-18,30,32,37H,19-29H2. The van der Waals surface area contributed by atoms with Crippen LogP contribution in [0.25, 0.3) is 0 Å². The van der Waals surface area contributed by atoms with E-state index in [9.17, 15) is 4.79 Å². The molecule has 4 nitrogen and oxygen atoms in total. The van der Waals surface area contributed by atoms with Gasteiger partial charge in [0.1, 0.15) is 0 Å². The lowest BCUT2D eigenvalue weighted by molar-refractivity contribution is 0.0690. The Labute approximate surface area is 251 Å². The summed E-state index contributed by atoms with van der Waals surface area (Å²) < 4.78 is 0. The van der Waals surface area contributed by atoms with Gasteiger partial charge in [-0.2, -0.15) is 0 Å². The molecule has 1 amide bonds. The summed E-state index contributed by atoms with van der Waals surface area (Å²) in [4.78, 5) is 20.5. The van der Waals surface area contributed by atoms with E-state index in [2.05, 4.69) is 124 Å². The van der Waals surface area contributed by atoms with Crippen molar-refractivity contribution >= 4 is 11.6 Å². The largest absolute Gasteiger partial charge is 0.369 e. The van der Waals surface area contributed by atoms with Crippen LogP contribution in [0.4, 0.5) is 5.69 Å². The SMILES string of the molecule is O=C(c1cccc(N2CCN(CCC(c3ccccc3)c3ccccc3)CC2)c1)N1CCC(Cc2ccccc2)CC1. The first-order valence-corrected chi connectivity index (χ1v) is 15.7. The number of amides is 1. The predicted molar refractivity (Wildman–Crippen MR) is 173 cm³/mol. The van der Waals surface area contributed by atoms with Gasteiger partial charge in [0, 0.05) is 56.4 Å². The van der Waals surface area contributed by atoms with E-state index in [1.54, 1.807) is 0 Å². The fourth-order valence-corrected chi connectivity index (χ4v) is 6.74. The van der Waals surface area contributed by atoms with Crippen molar-refractivity contribution in [3.05, 3.63) is 138 Å². The molecule has 2 fully saturated rings. The molecule has 6 rings (SSSR count). The molecular formula is C38H43N3O. The molecule has 2 saturated heterocycles. The van der Waals surface area contributed by atoms with Gasteiger partial charge in [-0.1, -0.05) is 97.1 Å². The van der Waals surface area contributed by atoms with Crippen molar-refractivity contribution in [3.8, 4) is 0 Å². The van der Waals surface area contributed by atoms with E-state index >= 15 is 0 Å². The maximum atomic E-state index is 13.4. The van der Waals surface area contributed by atoms with E-state index in [-0.39, 0.29) is 5.91 Å². The summed E-state index contributed by atoms with van der Waals surface area (Å²) in [6.45, 7) is 6.86. The molecule has 0 aromatic heterocycles. The van der Waals surface area contributed by atoms with Crippen LogP contribution in [-0.4, -0.2) is 61.5 Å². The Morgan fingerprint density at radius 2 is 1.26 bits per heavy atom. The van der Waals surface area contributed by atoms with E-state index in [1.165, 1.54) is 22.4 Å². The van der Waals surface area contributed by atoms with Gasteiger partial charge >= 0.3 is 0 Å². The summed E-state index contributed by atoms with van der Waals surface area (Å²) in [6, 6.07) is 40.9. The molecule has 2 heterocycles. The number of rotatable bonds is 9. The molecule has 42 heavy (non-hydrogen) atoms. The molecule has 2 aliphatic rings. The Bertz CT molecular complexity index is 1350. The van der Waals surface area contributed by atoms with Gasteiger partial charge < -0.3 is 9.80 Å². The van der Waals surface area contributed by atoms with E-state index in [0.29, 0.717) is 11.8 Å². The van der Waals surface area contributed by atoms with Gasteiger partial charge in [0.25, 0.3) is 5.91 Å². The summed E-state index contributed by atoms with van der Waals surface area (Å²) in [6.07, 6.45) is 4.39. The third-order valence-electron chi connectivity index (χ3n) is 9.24. The smallest absolute Gasteiger partial charge is 0.253 e. The number of likely N-dealkylation sites (tertiary alicyclic amines) is 1. The summed E-state index contributed by atoms with van der Waals surface area (Å²) in [5, 5.41) is 0. The number of benzene rings is 4. The van der Waals surface area contributed by atoms with E-state index in [1.807, 2.05) is 6.07 Å². The number of piperazine rings is 1. The molecule has 0 unspecified atom stereocenters. The number of anilines is 1. The molecule has 0 saturated carbocycles. The minimum atomic E-state index is 0.182. The number of nitrogens with zero attached hydrogens (tertiary/aromatic N) is 3. The second kappa shape index (κ2) is 13.8. The predicted octanol–water partition coefficient (Wildman–Crippen LogP) is 7.13. The number of piperidine rings is 1. The zero-order chi connectivity index (χ0) is 28.6. The summed E-state index contributed by atoms with van der Waals surface area (Å²) >= 11 is 0. The molecule has 0 atom stereocenters. The third kappa shape index (κ3) is 7.11. The van der Waals surface area contributed by atoms with E-state index in [4.69, 9.17) is 0 Å². The highest BCUT2D eigenvalue weighted by Gasteiger charge is 2.25. The van der Waals surface area contributed by atoms with Crippen LogP contribution in [0.5, 0.6) is 0 Å². The quantitative estimate of drug-likeness (QED) is 0.219. The van der Waals surface area contributed by atoms with Gasteiger partial charge in [-0.25, -0.2) is 0 Å². The highest BCUT2D eigenvalue weighted by Crippen LogP contribution is 2.29. The van der Waals surface area contributed by atoms with Gasteiger partial charge in [-0.15, -0.1) is 0 Å². The first kappa shape index (κ1) is 28.2. The molecule has 216 valence electrons. The highest BCUT2D eigenvalue weighted by molar-refractivity contribution is 5.95. The van der Waals surface area contributed by atoms with Gasteiger partial charge in [-0.3, -0.25) is 9.69 Å². The molecular weight excluding hydrogens is 514 g/mol. The number of hydrogen-bond donors (Lipinski definition) is 0. The molecule has 0 bridgehead atoms. The van der Waals surface area contributed by atoms with Crippen molar-refractivity contribution in [1.82, 2.24) is 9.80 Å². The van der Waals surface area contributed by atoms with Crippen LogP contribution >= 0.6 is 0 Å². The second-order valence-corrected chi connectivity index (χ2v) is 12.0. The Kier molecular flexibility index (Phi) is 9.31. The lowest BCUT2D eigenvalue weighted by Crippen LogP contribution is -2.47. The topological polar surface area (TPSA) is 26.8 Å². The van der Waals surface area contributed by atoms with Crippen molar-refractivity contribution in [1.29, 1.82) is 0 Å². The lowest BCUT2D eigenvalue weighted by Gasteiger charge is -2.37. The first-order chi connectivity index (χ1) is 20.7. The second-order valence-electron chi connectivity index (χ2n) is 12.0. The number of carbonyl (C=O) groups excluding carboxylic acids is 1. The zero-order valence-electron chi connectivity index (χ0n) is 24.7. The first-order valence-electron chi connectivity index (χ1n) is 15.7. The molecule has 4 aromatic rings. The van der Waals surface area contributed by atoms with E-state index < -0.39 is 0 Å². The maximum Gasteiger partial charge on any atom is 0.253 e. The Morgan fingerprint density at radius 3 is 1.88 bits per heavy atom. The lowest BCUT2D eigenvalue weighted by atomic mass is 9.88. The van der Waals surface area contributed by atoms with Crippen molar-refractivity contribution in [2.45, 2.75) is 31.6 Å². The molecule has 0 radical (unpaired) electrons. The molecule has 0 aliphatic carbocycles. The number of carbonyl (C=O) groups is 1. The normalized spacial score (nSPS) is 16.6. The minimum Gasteiger partial charge on any atom is -0.369 e. The van der Waals surface area contributed by atoms with Crippen LogP contribution in [0.3, 0.4) is 0 Å². The highest BCUT2D eigenvalue weighted by atomic mass is 16.2. The molecule has 4 aromatic carbocycles. The van der Waals surface area contributed by atoms with Crippen LogP contribution in [0.15, 0.2) is 115 Å². The van der Waals surface area contributed by atoms with Crippen LogP contribution in [-0.2, 0) is 6.42 Å². The Balaban J connectivity index is 1.00. The van der Waals surface area contributed by atoms with Crippen LogP contribution in [0.1, 0.15) is 52.2 Å². The van der Waals surface area contributed by atoms with Crippen LogP contribution in [0, 0.1) is 5.92 Å². The fraction of sp³-hybridized carbons (Fsp3) is 0.342. The molecule has 4 heteroatoms. The zero-order valence-corrected chi connectivity index (χ0v) is 24.7.